The summed E-state index contributed by atoms with van der Waals surface area (Å²) in [5.74, 6) is 0. The summed E-state index contributed by atoms with van der Waals surface area (Å²) in [6.45, 7) is 8.10. The third kappa shape index (κ3) is 17.7. The van der Waals surface area contributed by atoms with Crippen molar-refractivity contribution < 1.29 is 0 Å². The molecule has 0 aromatic carbocycles. The first kappa shape index (κ1) is 10.5. The summed E-state index contributed by atoms with van der Waals surface area (Å²) < 4.78 is 0. The summed E-state index contributed by atoms with van der Waals surface area (Å²) >= 11 is 0. The Morgan fingerprint density at radius 1 is 1.25 bits per heavy atom. The van der Waals surface area contributed by atoms with Crippen molar-refractivity contribution in [3.63, 3.8) is 0 Å². The SMILES string of the molecule is CC.CNC=C(C)C. The van der Waals surface area contributed by atoms with Crippen LogP contribution in [-0.4, -0.2) is 7.05 Å². The molecule has 0 aliphatic carbocycles. The monoisotopic (exact) mass is 115 g/mol. The molecule has 0 aliphatic heterocycles. The minimum atomic E-state index is 1.30. The summed E-state index contributed by atoms with van der Waals surface area (Å²) in [6, 6.07) is 0. The first-order chi connectivity index (χ1) is 3.77. The highest BCUT2D eigenvalue weighted by Gasteiger charge is 1.65. The van der Waals surface area contributed by atoms with Crippen molar-refractivity contribution in [1.29, 1.82) is 0 Å². The molecule has 1 heteroatoms. The second-order valence-electron chi connectivity index (χ2n) is 1.51. The zero-order valence-electron chi connectivity index (χ0n) is 6.58. The molecule has 0 amide bonds. The van der Waals surface area contributed by atoms with Gasteiger partial charge >= 0.3 is 0 Å². The Balaban J connectivity index is 0. The van der Waals surface area contributed by atoms with Crippen LogP contribution in [0.25, 0.3) is 0 Å². The van der Waals surface area contributed by atoms with E-state index in [-0.39, 0.29) is 0 Å². The van der Waals surface area contributed by atoms with Crippen LogP contribution in [0.15, 0.2) is 11.8 Å². The van der Waals surface area contributed by atoms with Crippen LogP contribution in [0, 0.1) is 0 Å². The average Bonchev–Trinajstić information content (AvgIpc) is 1.72. The van der Waals surface area contributed by atoms with Gasteiger partial charge in [0.05, 0.1) is 0 Å². The van der Waals surface area contributed by atoms with E-state index in [2.05, 4.69) is 19.2 Å². The Hall–Kier alpha value is -0.460. The van der Waals surface area contributed by atoms with Gasteiger partial charge in [-0.15, -0.1) is 0 Å². The molecule has 0 aromatic rings. The van der Waals surface area contributed by atoms with Gasteiger partial charge < -0.3 is 5.32 Å². The number of allylic oxidation sites excluding steroid dienone is 1. The van der Waals surface area contributed by atoms with Crippen LogP contribution in [0.3, 0.4) is 0 Å². The van der Waals surface area contributed by atoms with Crippen molar-refractivity contribution in [3.8, 4) is 0 Å². The van der Waals surface area contributed by atoms with Gasteiger partial charge in [0.1, 0.15) is 0 Å². The summed E-state index contributed by atoms with van der Waals surface area (Å²) in [5.41, 5.74) is 1.30. The molecular weight excluding hydrogens is 98.1 g/mol. The summed E-state index contributed by atoms with van der Waals surface area (Å²) in [7, 11) is 1.90. The second-order valence-corrected chi connectivity index (χ2v) is 1.51. The predicted octanol–water partition coefficient (Wildman–Crippen LogP) is 2.16. The lowest BCUT2D eigenvalue weighted by molar-refractivity contribution is 1.07. The standard InChI is InChI=1S/C5H11N.C2H6/c1-5(2)4-6-3;1-2/h4,6H,1-3H3;1-2H3. The molecule has 0 rings (SSSR count). The van der Waals surface area contributed by atoms with Crippen LogP contribution in [-0.2, 0) is 0 Å². The van der Waals surface area contributed by atoms with Gasteiger partial charge in [-0.25, -0.2) is 0 Å². The fraction of sp³-hybridized carbons (Fsp3) is 0.714. The Morgan fingerprint density at radius 3 is 1.62 bits per heavy atom. The van der Waals surface area contributed by atoms with Crippen LogP contribution in [0.5, 0.6) is 0 Å². The van der Waals surface area contributed by atoms with E-state index >= 15 is 0 Å². The number of hydrogen-bond donors (Lipinski definition) is 1. The Morgan fingerprint density at radius 2 is 1.62 bits per heavy atom. The normalized spacial score (nSPS) is 6.12. The van der Waals surface area contributed by atoms with Gasteiger partial charge in [-0.3, -0.25) is 0 Å². The summed E-state index contributed by atoms with van der Waals surface area (Å²) in [4.78, 5) is 0. The van der Waals surface area contributed by atoms with Crippen LogP contribution in [0.4, 0.5) is 0 Å². The molecule has 1 N–H and O–H groups in total. The quantitative estimate of drug-likeness (QED) is 0.552. The molecule has 0 aliphatic rings. The van der Waals surface area contributed by atoms with E-state index in [0.29, 0.717) is 0 Å². The lowest BCUT2D eigenvalue weighted by Gasteiger charge is -1.84. The molecule has 8 heavy (non-hydrogen) atoms. The predicted molar refractivity (Wildman–Crippen MR) is 39.8 cm³/mol. The van der Waals surface area contributed by atoms with Gasteiger partial charge in [-0.1, -0.05) is 19.4 Å². The summed E-state index contributed by atoms with van der Waals surface area (Å²) in [5, 5.41) is 2.91. The molecule has 0 saturated carbocycles. The summed E-state index contributed by atoms with van der Waals surface area (Å²) in [6.07, 6.45) is 1.96. The lowest BCUT2D eigenvalue weighted by Crippen LogP contribution is -1.91. The number of rotatable bonds is 1. The van der Waals surface area contributed by atoms with Crippen molar-refractivity contribution in [2.45, 2.75) is 27.7 Å². The molecule has 0 heterocycles. The van der Waals surface area contributed by atoms with Crippen molar-refractivity contribution in [1.82, 2.24) is 5.32 Å². The topological polar surface area (TPSA) is 12.0 Å². The van der Waals surface area contributed by atoms with E-state index in [1.54, 1.807) is 0 Å². The second kappa shape index (κ2) is 9.74. The van der Waals surface area contributed by atoms with E-state index < -0.39 is 0 Å². The highest BCUT2D eigenvalue weighted by atomic mass is 14.8. The third-order valence-corrected chi connectivity index (χ3v) is 0.433. The lowest BCUT2D eigenvalue weighted by atomic mass is 10.4. The van der Waals surface area contributed by atoms with Crippen molar-refractivity contribution in [2.75, 3.05) is 7.05 Å². The molecule has 0 spiro atoms. The number of hydrogen-bond acceptors (Lipinski definition) is 1. The van der Waals surface area contributed by atoms with Crippen LogP contribution < -0.4 is 5.32 Å². The van der Waals surface area contributed by atoms with Crippen LogP contribution in [0.2, 0.25) is 0 Å². The fourth-order valence-electron chi connectivity index (χ4n) is 0.289. The Kier molecular flexibility index (Phi) is 12.8. The molecular formula is C7H17N. The van der Waals surface area contributed by atoms with Crippen molar-refractivity contribution >= 4 is 0 Å². The average molecular weight is 115 g/mol. The van der Waals surface area contributed by atoms with Crippen LogP contribution in [0.1, 0.15) is 27.7 Å². The minimum absolute atomic E-state index is 1.30. The van der Waals surface area contributed by atoms with Gasteiger partial charge in [-0.05, 0) is 20.0 Å². The van der Waals surface area contributed by atoms with Crippen molar-refractivity contribution in [2.24, 2.45) is 0 Å². The van der Waals surface area contributed by atoms with Gasteiger partial charge in [0.25, 0.3) is 0 Å². The molecule has 0 saturated heterocycles. The smallest absolute Gasteiger partial charge is 0.00276 e. The first-order valence-electron chi connectivity index (χ1n) is 3.08. The molecule has 50 valence electrons. The maximum Gasteiger partial charge on any atom is 0.00276 e. The Bertz CT molecular complexity index is 51.4. The van der Waals surface area contributed by atoms with Crippen LogP contribution >= 0.6 is 0 Å². The maximum absolute atomic E-state index is 2.91. The van der Waals surface area contributed by atoms with E-state index in [4.69, 9.17) is 0 Å². The minimum Gasteiger partial charge on any atom is -0.394 e. The zero-order chi connectivity index (χ0) is 6.99. The van der Waals surface area contributed by atoms with E-state index in [0.717, 1.165) is 0 Å². The molecule has 0 bridgehead atoms. The van der Waals surface area contributed by atoms with E-state index in [1.807, 2.05) is 27.1 Å². The first-order valence-corrected chi connectivity index (χ1v) is 3.08. The van der Waals surface area contributed by atoms with Gasteiger partial charge in [0.2, 0.25) is 0 Å². The highest BCUT2D eigenvalue weighted by molar-refractivity contribution is 4.89. The molecule has 0 aromatic heterocycles. The number of nitrogens with one attached hydrogen (secondary N) is 1. The maximum atomic E-state index is 2.91. The van der Waals surface area contributed by atoms with Crippen molar-refractivity contribution in [3.05, 3.63) is 11.8 Å². The molecule has 0 fully saturated rings. The Labute approximate surface area is 52.8 Å². The third-order valence-electron chi connectivity index (χ3n) is 0.433. The fourth-order valence-corrected chi connectivity index (χ4v) is 0.289. The molecule has 0 radical (unpaired) electrons. The largest absolute Gasteiger partial charge is 0.394 e. The zero-order valence-corrected chi connectivity index (χ0v) is 6.58. The highest BCUT2D eigenvalue weighted by Crippen LogP contribution is 1.80. The van der Waals surface area contributed by atoms with E-state index in [1.165, 1.54) is 5.57 Å². The molecule has 1 nitrogen and oxygen atoms in total. The molecule has 0 atom stereocenters. The molecule has 0 unspecified atom stereocenters. The van der Waals surface area contributed by atoms with Gasteiger partial charge in [0.15, 0.2) is 0 Å². The van der Waals surface area contributed by atoms with E-state index in [9.17, 15) is 0 Å². The van der Waals surface area contributed by atoms with Gasteiger partial charge in [-0.2, -0.15) is 0 Å². The van der Waals surface area contributed by atoms with Gasteiger partial charge in [0, 0.05) is 7.05 Å².